The van der Waals surface area contributed by atoms with Crippen molar-refractivity contribution in [3.05, 3.63) is 59.4 Å². The van der Waals surface area contributed by atoms with Crippen LogP contribution in [0, 0.1) is 0 Å². The zero-order valence-electron chi connectivity index (χ0n) is 11.8. The van der Waals surface area contributed by atoms with Crippen LogP contribution in [0.1, 0.15) is 28.5 Å². The zero-order valence-corrected chi connectivity index (χ0v) is 11.8. The van der Waals surface area contributed by atoms with Gasteiger partial charge in [0.25, 0.3) is 5.91 Å². The largest absolute Gasteiger partial charge is 0.388 e. The molecule has 1 aromatic carbocycles. The van der Waals surface area contributed by atoms with Crippen molar-refractivity contribution in [3.63, 3.8) is 0 Å². The molecular weight excluding hydrogens is 250 g/mol. The second-order valence-electron chi connectivity index (χ2n) is 4.47. The molecule has 0 spiro atoms. The lowest BCUT2D eigenvalue weighted by molar-refractivity contribution is 0.0950. The molecule has 0 fully saturated rings. The Morgan fingerprint density at radius 1 is 1.20 bits per heavy atom. The van der Waals surface area contributed by atoms with E-state index in [0.717, 1.165) is 17.8 Å². The van der Waals surface area contributed by atoms with Crippen LogP contribution in [0.25, 0.3) is 0 Å². The van der Waals surface area contributed by atoms with E-state index in [1.54, 1.807) is 18.3 Å². The van der Waals surface area contributed by atoms with Crippen molar-refractivity contribution in [1.82, 2.24) is 10.3 Å². The van der Waals surface area contributed by atoms with E-state index < -0.39 is 0 Å². The second-order valence-corrected chi connectivity index (χ2v) is 4.47. The Morgan fingerprint density at radius 3 is 2.60 bits per heavy atom. The number of hydrogen-bond acceptors (Lipinski definition) is 3. The number of amides is 1. The summed E-state index contributed by atoms with van der Waals surface area (Å²) in [6.07, 6.45) is 2.66. The highest BCUT2D eigenvalue weighted by Crippen LogP contribution is 2.09. The molecule has 0 unspecified atom stereocenters. The van der Waals surface area contributed by atoms with Crippen LogP contribution in [0.15, 0.2) is 42.6 Å². The average Bonchev–Trinajstić information content (AvgIpc) is 2.53. The van der Waals surface area contributed by atoms with E-state index in [0.29, 0.717) is 12.1 Å². The summed E-state index contributed by atoms with van der Waals surface area (Å²) in [7, 11) is 1.85. The third-order valence-corrected chi connectivity index (χ3v) is 3.22. The minimum Gasteiger partial charge on any atom is -0.388 e. The molecule has 0 aliphatic carbocycles. The van der Waals surface area contributed by atoms with Crippen LogP contribution in [-0.4, -0.2) is 17.9 Å². The molecule has 1 heterocycles. The Kier molecular flexibility index (Phi) is 4.71. The first kappa shape index (κ1) is 14.1. The number of rotatable bonds is 5. The summed E-state index contributed by atoms with van der Waals surface area (Å²) in [5.41, 5.74) is 3.73. The first-order valence-electron chi connectivity index (χ1n) is 6.73. The van der Waals surface area contributed by atoms with Gasteiger partial charge in [0.2, 0.25) is 0 Å². The second kappa shape index (κ2) is 6.70. The van der Waals surface area contributed by atoms with Crippen molar-refractivity contribution < 1.29 is 4.79 Å². The molecule has 2 N–H and O–H groups in total. The highest BCUT2D eigenvalue weighted by molar-refractivity contribution is 5.94. The van der Waals surface area contributed by atoms with Crippen LogP contribution in [0.3, 0.4) is 0 Å². The van der Waals surface area contributed by atoms with Crippen LogP contribution >= 0.6 is 0 Å². The third-order valence-electron chi connectivity index (χ3n) is 3.22. The maximum atomic E-state index is 12.1. The summed E-state index contributed by atoms with van der Waals surface area (Å²) in [5, 5.41) is 5.93. The molecule has 0 saturated heterocycles. The molecule has 1 amide bonds. The first-order valence-corrected chi connectivity index (χ1v) is 6.73. The maximum Gasteiger partial charge on any atom is 0.251 e. The summed E-state index contributed by atoms with van der Waals surface area (Å²) in [4.78, 5) is 16.4. The summed E-state index contributed by atoms with van der Waals surface area (Å²) in [6.45, 7) is 2.54. The fourth-order valence-corrected chi connectivity index (χ4v) is 2.01. The smallest absolute Gasteiger partial charge is 0.251 e. The molecule has 4 heteroatoms. The normalized spacial score (nSPS) is 10.1. The molecule has 104 valence electrons. The molecule has 4 nitrogen and oxygen atoms in total. The number of nitrogens with one attached hydrogen (secondary N) is 2. The monoisotopic (exact) mass is 269 g/mol. The van der Waals surface area contributed by atoms with E-state index in [4.69, 9.17) is 0 Å². The average molecular weight is 269 g/mol. The van der Waals surface area contributed by atoms with E-state index in [1.165, 1.54) is 5.56 Å². The van der Waals surface area contributed by atoms with Gasteiger partial charge in [-0.1, -0.05) is 13.0 Å². The van der Waals surface area contributed by atoms with Gasteiger partial charge in [-0.2, -0.15) is 0 Å². The van der Waals surface area contributed by atoms with Gasteiger partial charge >= 0.3 is 0 Å². The topological polar surface area (TPSA) is 54.0 Å². The summed E-state index contributed by atoms with van der Waals surface area (Å²) >= 11 is 0. The van der Waals surface area contributed by atoms with Crippen molar-refractivity contribution in [1.29, 1.82) is 0 Å². The Morgan fingerprint density at radius 2 is 1.95 bits per heavy atom. The van der Waals surface area contributed by atoms with E-state index >= 15 is 0 Å². The zero-order chi connectivity index (χ0) is 14.4. The van der Waals surface area contributed by atoms with Gasteiger partial charge in [0.1, 0.15) is 0 Å². The SMILES string of the molecule is CCc1cccnc1CNC(=O)c1ccc(NC)cc1. The Hall–Kier alpha value is -2.36. The van der Waals surface area contributed by atoms with E-state index in [-0.39, 0.29) is 5.91 Å². The van der Waals surface area contributed by atoms with Crippen LogP contribution in [0.2, 0.25) is 0 Å². The van der Waals surface area contributed by atoms with Gasteiger partial charge in [-0.3, -0.25) is 9.78 Å². The number of anilines is 1. The quantitative estimate of drug-likeness (QED) is 0.877. The van der Waals surface area contributed by atoms with Gasteiger partial charge in [0, 0.05) is 24.5 Å². The van der Waals surface area contributed by atoms with Crippen molar-refractivity contribution in [3.8, 4) is 0 Å². The van der Waals surface area contributed by atoms with Crippen LogP contribution < -0.4 is 10.6 Å². The standard InChI is InChI=1S/C16H19N3O/c1-3-12-5-4-10-18-15(12)11-19-16(20)13-6-8-14(17-2)9-7-13/h4-10,17H,3,11H2,1-2H3,(H,19,20). The van der Waals surface area contributed by atoms with Crippen molar-refractivity contribution in [2.24, 2.45) is 0 Å². The fourth-order valence-electron chi connectivity index (χ4n) is 2.01. The lowest BCUT2D eigenvalue weighted by atomic mass is 10.1. The van der Waals surface area contributed by atoms with Gasteiger partial charge < -0.3 is 10.6 Å². The molecule has 0 bridgehead atoms. The van der Waals surface area contributed by atoms with E-state index in [1.807, 2.05) is 31.3 Å². The fraction of sp³-hybridized carbons (Fsp3) is 0.250. The molecule has 0 atom stereocenters. The van der Waals surface area contributed by atoms with Gasteiger partial charge in [0.15, 0.2) is 0 Å². The Bertz CT molecular complexity index is 579. The number of carbonyl (C=O) groups is 1. The number of hydrogen-bond donors (Lipinski definition) is 2. The molecule has 0 aliphatic rings. The van der Waals surface area contributed by atoms with Gasteiger partial charge in [-0.25, -0.2) is 0 Å². The number of pyridine rings is 1. The third kappa shape index (κ3) is 3.35. The number of nitrogens with zero attached hydrogens (tertiary/aromatic N) is 1. The number of carbonyl (C=O) groups excluding carboxylic acids is 1. The van der Waals surface area contributed by atoms with Gasteiger partial charge in [-0.15, -0.1) is 0 Å². The van der Waals surface area contributed by atoms with E-state index in [9.17, 15) is 4.79 Å². The molecule has 2 aromatic rings. The van der Waals surface area contributed by atoms with E-state index in [2.05, 4.69) is 22.5 Å². The Balaban J connectivity index is 2.01. The molecule has 0 radical (unpaired) electrons. The first-order chi connectivity index (χ1) is 9.74. The highest BCUT2D eigenvalue weighted by Gasteiger charge is 2.07. The minimum absolute atomic E-state index is 0.0830. The van der Waals surface area contributed by atoms with Gasteiger partial charge in [0.05, 0.1) is 12.2 Å². The molecule has 20 heavy (non-hydrogen) atoms. The van der Waals surface area contributed by atoms with Gasteiger partial charge in [-0.05, 0) is 42.3 Å². The molecule has 2 rings (SSSR count). The molecule has 1 aromatic heterocycles. The molecule has 0 aliphatic heterocycles. The molecular formula is C16H19N3O. The highest BCUT2D eigenvalue weighted by atomic mass is 16.1. The molecule has 0 saturated carbocycles. The summed E-state index contributed by atoms with van der Waals surface area (Å²) in [5.74, 6) is -0.0830. The predicted molar refractivity (Wildman–Crippen MR) is 80.8 cm³/mol. The number of benzene rings is 1. The maximum absolute atomic E-state index is 12.1. The van der Waals surface area contributed by atoms with Crippen LogP contribution in [-0.2, 0) is 13.0 Å². The van der Waals surface area contributed by atoms with Crippen molar-refractivity contribution in [2.75, 3.05) is 12.4 Å². The summed E-state index contributed by atoms with van der Waals surface area (Å²) in [6, 6.07) is 11.3. The predicted octanol–water partition coefficient (Wildman–Crippen LogP) is 2.62. The Labute approximate surface area is 119 Å². The lowest BCUT2D eigenvalue weighted by Crippen LogP contribution is -2.23. The van der Waals surface area contributed by atoms with Crippen molar-refractivity contribution >= 4 is 11.6 Å². The van der Waals surface area contributed by atoms with Crippen LogP contribution in [0.4, 0.5) is 5.69 Å². The van der Waals surface area contributed by atoms with Crippen LogP contribution in [0.5, 0.6) is 0 Å². The lowest BCUT2D eigenvalue weighted by Gasteiger charge is -2.08. The minimum atomic E-state index is -0.0830. The number of aryl methyl sites for hydroxylation is 1. The van der Waals surface area contributed by atoms with Crippen molar-refractivity contribution in [2.45, 2.75) is 19.9 Å². The number of aromatic nitrogens is 1. The summed E-state index contributed by atoms with van der Waals surface area (Å²) < 4.78 is 0.